The van der Waals surface area contributed by atoms with Gasteiger partial charge >= 0.3 is 0 Å². The molecule has 2 amide bonds. The van der Waals surface area contributed by atoms with Gasteiger partial charge in [-0.05, 0) is 30.3 Å². The number of methoxy groups -OCH3 is 1. The fourth-order valence-electron chi connectivity index (χ4n) is 2.35. The molecule has 0 unspecified atom stereocenters. The highest BCUT2D eigenvalue weighted by Crippen LogP contribution is 2.28. The van der Waals surface area contributed by atoms with Gasteiger partial charge in [-0.3, -0.25) is 9.59 Å². The Morgan fingerprint density at radius 2 is 1.92 bits per heavy atom. The van der Waals surface area contributed by atoms with E-state index in [2.05, 4.69) is 5.32 Å². The van der Waals surface area contributed by atoms with Crippen LogP contribution in [0.2, 0.25) is 5.02 Å². The number of carbonyl (C=O) groups is 2. The van der Waals surface area contributed by atoms with Crippen LogP contribution >= 0.6 is 11.6 Å². The van der Waals surface area contributed by atoms with Crippen LogP contribution < -0.4 is 15.0 Å². The van der Waals surface area contributed by atoms with Crippen LogP contribution in [-0.2, 0) is 9.59 Å². The maximum atomic E-state index is 13.9. The van der Waals surface area contributed by atoms with Crippen LogP contribution in [0.25, 0.3) is 0 Å². The lowest BCUT2D eigenvalue weighted by molar-refractivity contribution is -0.117. The molecule has 8 heteroatoms. The molecule has 2 aromatic carbocycles. The molecule has 0 saturated heterocycles. The molecule has 0 atom stereocenters. The number of hydrogen-bond acceptors (Lipinski definition) is 3. The maximum absolute atomic E-state index is 13.9. The van der Waals surface area contributed by atoms with Crippen LogP contribution in [0.1, 0.15) is 13.3 Å². The highest BCUT2D eigenvalue weighted by atomic mass is 35.5. The molecule has 0 aromatic heterocycles. The first-order chi connectivity index (χ1) is 12.3. The number of rotatable bonds is 6. The molecule has 0 heterocycles. The first-order valence-electron chi connectivity index (χ1n) is 7.68. The predicted octanol–water partition coefficient (Wildman–Crippen LogP) is 4.01. The van der Waals surface area contributed by atoms with Gasteiger partial charge in [0.05, 0.1) is 18.5 Å². The summed E-state index contributed by atoms with van der Waals surface area (Å²) < 4.78 is 32.1. The molecule has 2 aromatic rings. The minimum Gasteiger partial charge on any atom is -0.495 e. The molecular formula is C18H17ClF2N2O3. The van der Waals surface area contributed by atoms with Crippen molar-refractivity contribution in [3.05, 3.63) is 53.1 Å². The van der Waals surface area contributed by atoms with Gasteiger partial charge in [0, 0.05) is 31.0 Å². The molecule has 0 aliphatic carbocycles. The van der Waals surface area contributed by atoms with E-state index in [1.165, 1.54) is 20.1 Å². The molecule has 0 fully saturated rings. The van der Waals surface area contributed by atoms with Crippen molar-refractivity contribution in [2.45, 2.75) is 13.3 Å². The first kappa shape index (κ1) is 19.7. The van der Waals surface area contributed by atoms with Crippen LogP contribution in [0.15, 0.2) is 36.4 Å². The Hall–Kier alpha value is -2.67. The second kappa shape index (κ2) is 8.62. The van der Waals surface area contributed by atoms with Gasteiger partial charge < -0.3 is 15.0 Å². The third-order valence-electron chi connectivity index (χ3n) is 3.58. The third kappa shape index (κ3) is 4.92. The van der Waals surface area contributed by atoms with E-state index in [1.807, 2.05) is 0 Å². The van der Waals surface area contributed by atoms with Crippen molar-refractivity contribution in [2.24, 2.45) is 0 Å². The lowest BCUT2D eigenvalue weighted by Gasteiger charge is -2.21. The topological polar surface area (TPSA) is 58.6 Å². The summed E-state index contributed by atoms with van der Waals surface area (Å²) in [5.41, 5.74) is 0.291. The number of amides is 2. The largest absolute Gasteiger partial charge is 0.495 e. The van der Waals surface area contributed by atoms with Gasteiger partial charge in [0.25, 0.3) is 0 Å². The Morgan fingerprint density at radius 3 is 2.54 bits per heavy atom. The van der Waals surface area contributed by atoms with Crippen molar-refractivity contribution in [1.82, 2.24) is 0 Å². The Kier molecular flexibility index (Phi) is 6.52. The number of hydrogen-bond donors (Lipinski definition) is 1. The zero-order valence-electron chi connectivity index (χ0n) is 14.2. The molecular weight excluding hydrogens is 366 g/mol. The number of halogens is 3. The zero-order chi connectivity index (χ0) is 19.3. The maximum Gasteiger partial charge on any atom is 0.226 e. The molecule has 1 N–H and O–H groups in total. The van der Waals surface area contributed by atoms with Gasteiger partial charge in [-0.2, -0.15) is 0 Å². The van der Waals surface area contributed by atoms with Gasteiger partial charge in [-0.25, -0.2) is 8.78 Å². The second-order valence-electron chi connectivity index (χ2n) is 5.41. The summed E-state index contributed by atoms with van der Waals surface area (Å²) in [4.78, 5) is 25.1. The smallest absolute Gasteiger partial charge is 0.226 e. The van der Waals surface area contributed by atoms with Crippen molar-refractivity contribution >= 4 is 34.8 Å². The summed E-state index contributed by atoms with van der Waals surface area (Å²) in [6, 6.07) is 7.64. The molecule has 0 aliphatic heterocycles. The number of benzene rings is 2. The van der Waals surface area contributed by atoms with E-state index in [-0.39, 0.29) is 18.7 Å². The van der Waals surface area contributed by atoms with Crippen molar-refractivity contribution in [3.8, 4) is 5.75 Å². The van der Waals surface area contributed by atoms with E-state index in [0.717, 1.165) is 17.0 Å². The van der Waals surface area contributed by atoms with E-state index in [0.29, 0.717) is 22.5 Å². The summed E-state index contributed by atoms with van der Waals surface area (Å²) in [6.07, 6.45) is -0.105. The van der Waals surface area contributed by atoms with Crippen molar-refractivity contribution in [2.75, 3.05) is 23.9 Å². The van der Waals surface area contributed by atoms with E-state index in [9.17, 15) is 18.4 Å². The Balaban J connectivity index is 2.08. The monoisotopic (exact) mass is 382 g/mol. The normalized spacial score (nSPS) is 10.3. The summed E-state index contributed by atoms with van der Waals surface area (Å²) in [7, 11) is 1.45. The minimum atomic E-state index is -0.878. The average molecular weight is 383 g/mol. The van der Waals surface area contributed by atoms with Crippen LogP contribution in [0, 0.1) is 11.6 Å². The summed E-state index contributed by atoms with van der Waals surface area (Å²) in [5, 5.41) is 3.05. The predicted molar refractivity (Wildman–Crippen MR) is 95.6 cm³/mol. The van der Waals surface area contributed by atoms with Crippen molar-refractivity contribution in [3.63, 3.8) is 0 Å². The second-order valence-corrected chi connectivity index (χ2v) is 5.85. The number of ether oxygens (including phenoxy) is 1. The lowest BCUT2D eigenvalue weighted by atomic mass is 10.2. The number of nitrogens with one attached hydrogen (secondary N) is 1. The van der Waals surface area contributed by atoms with Gasteiger partial charge in [0.1, 0.15) is 17.4 Å². The molecule has 5 nitrogen and oxygen atoms in total. The van der Waals surface area contributed by atoms with Crippen LogP contribution in [0.5, 0.6) is 5.75 Å². The number of carbonyl (C=O) groups excluding carboxylic acids is 2. The zero-order valence-corrected chi connectivity index (χ0v) is 14.9. The van der Waals surface area contributed by atoms with Crippen LogP contribution in [-0.4, -0.2) is 25.5 Å². The van der Waals surface area contributed by atoms with E-state index in [1.54, 1.807) is 12.1 Å². The van der Waals surface area contributed by atoms with Crippen LogP contribution in [0.4, 0.5) is 20.2 Å². The highest BCUT2D eigenvalue weighted by Gasteiger charge is 2.18. The van der Waals surface area contributed by atoms with E-state index < -0.39 is 23.4 Å². The van der Waals surface area contributed by atoms with E-state index >= 15 is 0 Å². The molecule has 0 aliphatic rings. The molecule has 0 saturated carbocycles. The molecule has 26 heavy (non-hydrogen) atoms. The SMILES string of the molecule is COc1ccc(Cl)cc1NC(=O)CCN(C(C)=O)c1ccc(F)cc1F. The van der Waals surface area contributed by atoms with Gasteiger partial charge in [-0.1, -0.05) is 11.6 Å². The Bertz CT molecular complexity index is 830. The number of anilines is 2. The standard InChI is InChI=1S/C18H17ClF2N2O3/c1-11(24)23(16-5-4-13(20)10-14(16)21)8-7-18(25)22-15-9-12(19)3-6-17(15)26-2/h3-6,9-10H,7-8H2,1-2H3,(H,22,25). The van der Waals surface area contributed by atoms with E-state index in [4.69, 9.17) is 16.3 Å². The van der Waals surface area contributed by atoms with Crippen molar-refractivity contribution < 1.29 is 23.1 Å². The molecule has 138 valence electrons. The van der Waals surface area contributed by atoms with Gasteiger partial charge in [-0.15, -0.1) is 0 Å². The number of nitrogens with zero attached hydrogens (tertiary/aromatic N) is 1. The highest BCUT2D eigenvalue weighted by molar-refractivity contribution is 6.31. The fraction of sp³-hybridized carbons (Fsp3) is 0.222. The quantitative estimate of drug-likeness (QED) is 0.821. The molecule has 0 bridgehead atoms. The molecule has 0 spiro atoms. The average Bonchev–Trinajstić information content (AvgIpc) is 2.56. The minimum absolute atomic E-state index is 0.0768. The van der Waals surface area contributed by atoms with Gasteiger partial charge in [0.15, 0.2) is 0 Å². The molecule has 2 rings (SSSR count). The summed E-state index contributed by atoms with van der Waals surface area (Å²) in [5.74, 6) is -2.09. The lowest BCUT2D eigenvalue weighted by Crippen LogP contribution is -2.32. The summed E-state index contributed by atoms with van der Waals surface area (Å²) in [6.45, 7) is 1.16. The first-order valence-corrected chi connectivity index (χ1v) is 8.06. The van der Waals surface area contributed by atoms with Crippen molar-refractivity contribution in [1.29, 1.82) is 0 Å². The Labute approximate surface area is 154 Å². The summed E-state index contributed by atoms with van der Waals surface area (Å²) >= 11 is 5.90. The Morgan fingerprint density at radius 1 is 1.19 bits per heavy atom. The van der Waals surface area contributed by atoms with Gasteiger partial charge in [0.2, 0.25) is 11.8 Å². The third-order valence-corrected chi connectivity index (χ3v) is 3.81. The fourth-order valence-corrected chi connectivity index (χ4v) is 2.52. The molecule has 0 radical (unpaired) electrons. The van der Waals surface area contributed by atoms with Crippen LogP contribution in [0.3, 0.4) is 0 Å².